The topological polar surface area (TPSA) is 80.2 Å². The Morgan fingerprint density at radius 1 is 1.11 bits per heavy atom. The number of hydrogen-bond donors (Lipinski definition) is 2. The summed E-state index contributed by atoms with van der Waals surface area (Å²) < 4.78 is 6.24. The van der Waals surface area contributed by atoms with Crippen molar-refractivity contribution >= 4 is 26.7 Å². The third-order valence-corrected chi connectivity index (χ3v) is 5.29. The normalized spacial score (nSPS) is 12.1. The van der Waals surface area contributed by atoms with Crippen molar-refractivity contribution in [1.82, 2.24) is 15.0 Å². The maximum absolute atomic E-state index is 10.4. The van der Waals surface area contributed by atoms with Gasteiger partial charge in [0.1, 0.15) is 12.0 Å². The first-order chi connectivity index (χ1) is 13.6. The minimum atomic E-state index is -0.774. The van der Waals surface area contributed by atoms with E-state index in [4.69, 9.17) is 4.74 Å². The van der Waals surface area contributed by atoms with Crippen molar-refractivity contribution in [2.75, 3.05) is 12.4 Å². The number of methoxy groups -OCH3 is 1. The summed E-state index contributed by atoms with van der Waals surface area (Å²) in [5, 5.41) is 14.1. The summed E-state index contributed by atoms with van der Waals surface area (Å²) in [6.45, 7) is 1.96. The molecule has 1 aromatic carbocycles. The van der Waals surface area contributed by atoms with Crippen LogP contribution in [-0.4, -0.2) is 33.4 Å². The second kappa shape index (κ2) is 7.92. The first kappa shape index (κ1) is 18.3. The molecule has 3 aromatic heterocycles. The van der Waals surface area contributed by atoms with Gasteiger partial charge in [-0.3, -0.25) is 9.97 Å². The number of benzene rings is 1. The van der Waals surface area contributed by atoms with Gasteiger partial charge in [0.2, 0.25) is 0 Å². The molecule has 0 saturated heterocycles. The van der Waals surface area contributed by atoms with Crippen LogP contribution in [0.5, 0.6) is 5.75 Å². The molecule has 6 nitrogen and oxygen atoms in total. The van der Waals surface area contributed by atoms with Crippen LogP contribution in [0.15, 0.2) is 54.9 Å². The number of nitrogens with zero attached hydrogens (tertiary/aromatic N) is 3. The maximum Gasteiger partial charge on any atom is 0.185 e. The Labute approximate surface area is 166 Å². The van der Waals surface area contributed by atoms with Crippen molar-refractivity contribution in [3.05, 3.63) is 66.2 Å². The van der Waals surface area contributed by atoms with Crippen LogP contribution >= 0.6 is 11.3 Å². The van der Waals surface area contributed by atoms with Crippen LogP contribution in [0.4, 0.5) is 5.13 Å². The Balaban J connectivity index is 1.42. The summed E-state index contributed by atoms with van der Waals surface area (Å²) in [5.41, 5.74) is 4.74. The van der Waals surface area contributed by atoms with E-state index in [1.807, 2.05) is 55.6 Å². The minimum Gasteiger partial charge on any atom is -0.497 e. The average molecular weight is 392 g/mol. The van der Waals surface area contributed by atoms with E-state index in [0.717, 1.165) is 38.5 Å². The quantitative estimate of drug-likeness (QED) is 0.482. The highest BCUT2D eigenvalue weighted by molar-refractivity contribution is 7.22. The van der Waals surface area contributed by atoms with E-state index >= 15 is 0 Å². The molecule has 0 saturated carbocycles. The smallest absolute Gasteiger partial charge is 0.185 e. The van der Waals surface area contributed by atoms with Crippen LogP contribution in [0, 0.1) is 6.92 Å². The van der Waals surface area contributed by atoms with Crippen LogP contribution in [0.1, 0.15) is 11.4 Å². The molecule has 0 bridgehead atoms. The monoisotopic (exact) mass is 392 g/mol. The number of ether oxygens (including phenoxy) is 1. The fourth-order valence-electron chi connectivity index (χ4n) is 2.93. The van der Waals surface area contributed by atoms with Gasteiger partial charge >= 0.3 is 0 Å². The Bertz CT molecular complexity index is 1100. The van der Waals surface area contributed by atoms with Gasteiger partial charge < -0.3 is 15.2 Å². The fraction of sp³-hybridized carbons (Fsp3) is 0.190. The third-order valence-electron chi connectivity index (χ3n) is 4.34. The van der Waals surface area contributed by atoms with Gasteiger partial charge in [-0.15, -0.1) is 0 Å². The van der Waals surface area contributed by atoms with Gasteiger partial charge in [-0.2, -0.15) is 0 Å². The molecule has 0 fully saturated rings. The number of thiazole rings is 1. The SMILES string of the molecule is COc1ccc2nc(NC(O)Cc3ccc(-c4ccnc(C)c4)cn3)sc2c1. The van der Waals surface area contributed by atoms with Gasteiger partial charge in [-0.1, -0.05) is 17.4 Å². The summed E-state index contributed by atoms with van der Waals surface area (Å²) in [7, 11) is 1.64. The lowest BCUT2D eigenvalue weighted by atomic mass is 10.1. The number of aryl methyl sites for hydroxylation is 1. The molecule has 7 heteroatoms. The molecule has 2 N–H and O–H groups in total. The lowest BCUT2D eigenvalue weighted by Gasteiger charge is -2.11. The van der Waals surface area contributed by atoms with Crippen LogP contribution in [0.3, 0.4) is 0 Å². The van der Waals surface area contributed by atoms with Crippen LogP contribution < -0.4 is 10.1 Å². The van der Waals surface area contributed by atoms with Crippen molar-refractivity contribution < 1.29 is 9.84 Å². The zero-order valence-electron chi connectivity index (χ0n) is 15.6. The molecule has 0 amide bonds. The number of nitrogens with one attached hydrogen (secondary N) is 1. The van der Waals surface area contributed by atoms with Crippen LogP contribution in [-0.2, 0) is 6.42 Å². The highest BCUT2D eigenvalue weighted by Crippen LogP contribution is 2.29. The van der Waals surface area contributed by atoms with Gasteiger partial charge in [-0.05, 0) is 48.9 Å². The first-order valence-corrected chi connectivity index (χ1v) is 9.69. The van der Waals surface area contributed by atoms with Gasteiger partial charge in [0.25, 0.3) is 0 Å². The lowest BCUT2D eigenvalue weighted by molar-refractivity contribution is 0.203. The number of pyridine rings is 2. The van der Waals surface area contributed by atoms with Crippen LogP contribution in [0.2, 0.25) is 0 Å². The largest absolute Gasteiger partial charge is 0.497 e. The van der Waals surface area contributed by atoms with Gasteiger partial charge in [0.05, 0.1) is 17.3 Å². The zero-order chi connectivity index (χ0) is 19.5. The molecular formula is C21H20N4O2S. The number of hydrogen-bond acceptors (Lipinski definition) is 7. The summed E-state index contributed by atoms with van der Waals surface area (Å²) in [4.78, 5) is 13.2. The van der Waals surface area contributed by atoms with Crippen molar-refractivity contribution in [2.45, 2.75) is 19.6 Å². The Morgan fingerprint density at radius 3 is 2.75 bits per heavy atom. The van der Waals surface area contributed by atoms with E-state index in [-0.39, 0.29) is 0 Å². The Kier molecular flexibility index (Phi) is 5.18. The summed E-state index contributed by atoms with van der Waals surface area (Å²) in [6, 6.07) is 13.6. The zero-order valence-corrected chi connectivity index (χ0v) is 16.4. The van der Waals surface area contributed by atoms with Crippen molar-refractivity contribution in [3.63, 3.8) is 0 Å². The Morgan fingerprint density at radius 2 is 2.00 bits per heavy atom. The molecule has 28 heavy (non-hydrogen) atoms. The predicted octanol–water partition coefficient (Wildman–Crippen LogP) is 4.04. The van der Waals surface area contributed by atoms with E-state index in [1.165, 1.54) is 11.3 Å². The molecule has 1 atom stereocenters. The molecule has 0 aliphatic rings. The summed E-state index contributed by atoms with van der Waals surface area (Å²) >= 11 is 1.48. The first-order valence-electron chi connectivity index (χ1n) is 8.88. The number of anilines is 1. The second-order valence-electron chi connectivity index (χ2n) is 6.44. The van der Waals surface area contributed by atoms with Gasteiger partial charge in [-0.25, -0.2) is 4.98 Å². The number of rotatable bonds is 6. The number of fused-ring (bicyclic) bond motifs is 1. The van der Waals surface area contributed by atoms with Gasteiger partial charge in [0, 0.05) is 35.8 Å². The maximum atomic E-state index is 10.4. The Hall–Kier alpha value is -3.03. The summed E-state index contributed by atoms with van der Waals surface area (Å²) in [5.74, 6) is 0.789. The lowest BCUT2D eigenvalue weighted by Crippen LogP contribution is -2.21. The standard InChI is InChI=1S/C21H20N4O2S/c1-13-9-14(7-8-22-13)15-3-4-16(23-12-15)10-20(26)25-21-24-18-6-5-17(27-2)11-19(18)28-21/h3-9,11-12,20,26H,10H2,1-2H3,(H,24,25). The molecule has 3 heterocycles. The van der Waals surface area contributed by atoms with E-state index < -0.39 is 6.23 Å². The van der Waals surface area contributed by atoms with Crippen molar-refractivity contribution in [3.8, 4) is 16.9 Å². The van der Waals surface area contributed by atoms with Crippen LogP contribution in [0.25, 0.3) is 21.3 Å². The summed E-state index contributed by atoms with van der Waals surface area (Å²) in [6.07, 6.45) is 3.22. The second-order valence-corrected chi connectivity index (χ2v) is 7.47. The number of aliphatic hydroxyl groups excluding tert-OH is 1. The minimum absolute atomic E-state index is 0.384. The van der Waals surface area contributed by atoms with Crippen molar-refractivity contribution in [1.29, 1.82) is 0 Å². The van der Waals surface area contributed by atoms with E-state index in [0.29, 0.717) is 11.6 Å². The molecule has 142 valence electrons. The van der Waals surface area contributed by atoms with E-state index in [2.05, 4.69) is 20.3 Å². The molecule has 4 rings (SSSR count). The number of aliphatic hydroxyl groups is 1. The molecule has 0 radical (unpaired) electrons. The average Bonchev–Trinajstić information content (AvgIpc) is 3.09. The molecule has 0 aliphatic carbocycles. The predicted molar refractivity (Wildman–Crippen MR) is 112 cm³/mol. The van der Waals surface area contributed by atoms with Crippen molar-refractivity contribution in [2.24, 2.45) is 0 Å². The molecule has 1 unspecified atom stereocenters. The fourth-order valence-corrected chi connectivity index (χ4v) is 3.87. The highest BCUT2D eigenvalue weighted by Gasteiger charge is 2.11. The molecule has 4 aromatic rings. The van der Waals surface area contributed by atoms with E-state index in [1.54, 1.807) is 13.3 Å². The number of aromatic nitrogens is 3. The third kappa shape index (κ3) is 4.11. The molecule has 0 spiro atoms. The molecule has 0 aliphatic heterocycles. The highest BCUT2D eigenvalue weighted by atomic mass is 32.1. The van der Waals surface area contributed by atoms with Gasteiger partial charge in [0.15, 0.2) is 5.13 Å². The van der Waals surface area contributed by atoms with E-state index in [9.17, 15) is 5.11 Å². The molecular weight excluding hydrogens is 372 g/mol.